The lowest BCUT2D eigenvalue weighted by atomic mass is 10.1. The molecular formula is C10H8BrF5. The fourth-order valence-electron chi connectivity index (χ4n) is 1.20. The van der Waals surface area contributed by atoms with Crippen molar-refractivity contribution >= 4 is 15.9 Å². The van der Waals surface area contributed by atoms with Crippen molar-refractivity contribution in [2.45, 2.75) is 23.8 Å². The molecule has 0 nitrogen and oxygen atoms in total. The van der Waals surface area contributed by atoms with Crippen LogP contribution in [0.5, 0.6) is 0 Å². The summed E-state index contributed by atoms with van der Waals surface area (Å²) in [6, 6.07) is 2.71. The molecule has 0 spiro atoms. The molecule has 1 aromatic rings. The quantitative estimate of drug-likeness (QED) is 0.559. The van der Waals surface area contributed by atoms with Crippen LogP contribution in [-0.2, 0) is 0 Å². The van der Waals surface area contributed by atoms with E-state index in [0.29, 0.717) is 0 Å². The molecule has 0 N–H and O–H groups in total. The van der Waals surface area contributed by atoms with E-state index in [2.05, 4.69) is 15.9 Å². The van der Waals surface area contributed by atoms with Gasteiger partial charge in [0.05, 0.1) is 0 Å². The van der Waals surface area contributed by atoms with E-state index in [4.69, 9.17) is 0 Å². The Labute approximate surface area is 97.6 Å². The van der Waals surface area contributed by atoms with Gasteiger partial charge < -0.3 is 0 Å². The van der Waals surface area contributed by atoms with Gasteiger partial charge in [-0.2, -0.15) is 13.2 Å². The summed E-state index contributed by atoms with van der Waals surface area (Å²) in [5, 5.41) is 0. The minimum atomic E-state index is -4.30. The Kier molecular flexibility index (Phi) is 4.29. The standard InChI is InChI=1S/C10H8BrF5/c11-8(3-4-10(14,15)16)7-5-6(12)1-2-9(7)13/h1-2,5,8H,3-4H2. The van der Waals surface area contributed by atoms with Crippen molar-refractivity contribution in [1.29, 1.82) is 0 Å². The SMILES string of the molecule is Fc1ccc(F)c(C(Br)CCC(F)(F)F)c1. The molecule has 0 bridgehead atoms. The smallest absolute Gasteiger partial charge is 0.207 e. The molecule has 16 heavy (non-hydrogen) atoms. The van der Waals surface area contributed by atoms with Crippen LogP contribution in [0.1, 0.15) is 23.2 Å². The first-order valence-corrected chi connectivity index (χ1v) is 5.37. The van der Waals surface area contributed by atoms with Crippen molar-refractivity contribution in [3.8, 4) is 0 Å². The van der Waals surface area contributed by atoms with E-state index in [1.807, 2.05) is 0 Å². The third kappa shape index (κ3) is 4.08. The van der Waals surface area contributed by atoms with Crippen molar-refractivity contribution in [2.75, 3.05) is 0 Å². The summed E-state index contributed by atoms with van der Waals surface area (Å²) in [6.07, 6.45) is -5.67. The lowest BCUT2D eigenvalue weighted by Crippen LogP contribution is -2.08. The zero-order valence-electron chi connectivity index (χ0n) is 7.99. The van der Waals surface area contributed by atoms with Gasteiger partial charge >= 0.3 is 6.18 Å². The molecule has 0 heterocycles. The molecule has 1 rings (SSSR count). The predicted octanol–water partition coefficient (Wildman–Crippen LogP) is 4.74. The Morgan fingerprint density at radius 3 is 2.38 bits per heavy atom. The molecule has 1 atom stereocenters. The Bertz CT molecular complexity index is 361. The highest BCUT2D eigenvalue weighted by Gasteiger charge is 2.28. The molecule has 1 unspecified atom stereocenters. The van der Waals surface area contributed by atoms with Crippen LogP contribution in [0.25, 0.3) is 0 Å². The molecular weight excluding hydrogens is 295 g/mol. The van der Waals surface area contributed by atoms with E-state index in [-0.39, 0.29) is 12.0 Å². The molecule has 90 valence electrons. The molecule has 0 radical (unpaired) electrons. The van der Waals surface area contributed by atoms with Gasteiger partial charge in [-0.25, -0.2) is 8.78 Å². The normalized spacial score (nSPS) is 13.9. The zero-order chi connectivity index (χ0) is 12.3. The number of benzene rings is 1. The van der Waals surface area contributed by atoms with Crippen LogP contribution in [0.15, 0.2) is 18.2 Å². The van der Waals surface area contributed by atoms with Crippen LogP contribution in [0, 0.1) is 11.6 Å². The lowest BCUT2D eigenvalue weighted by molar-refractivity contribution is -0.135. The molecule has 0 aliphatic carbocycles. The largest absolute Gasteiger partial charge is 0.389 e. The molecule has 0 aromatic heterocycles. The maximum absolute atomic E-state index is 13.2. The van der Waals surface area contributed by atoms with Crippen molar-refractivity contribution in [2.24, 2.45) is 0 Å². The fourth-order valence-corrected chi connectivity index (χ4v) is 1.78. The summed E-state index contributed by atoms with van der Waals surface area (Å²) in [6.45, 7) is 0. The van der Waals surface area contributed by atoms with Crippen LogP contribution >= 0.6 is 15.9 Å². The van der Waals surface area contributed by atoms with Gasteiger partial charge in [0, 0.05) is 16.8 Å². The maximum atomic E-state index is 13.2. The predicted molar refractivity (Wildman–Crippen MR) is 53.3 cm³/mol. The zero-order valence-corrected chi connectivity index (χ0v) is 9.58. The Morgan fingerprint density at radius 1 is 1.19 bits per heavy atom. The van der Waals surface area contributed by atoms with Crippen molar-refractivity contribution in [1.82, 2.24) is 0 Å². The van der Waals surface area contributed by atoms with Gasteiger partial charge in [0.1, 0.15) is 11.6 Å². The van der Waals surface area contributed by atoms with Gasteiger partial charge in [0.25, 0.3) is 0 Å². The maximum Gasteiger partial charge on any atom is 0.389 e. The number of rotatable bonds is 3. The second kappa shape index (κ2) is 5.12. The second-order valence-corrected chi connectivity index (χ2v) is 4.39. The number of hydrogen-bond donors (Lipinski definition) is 0. The topological polar surface area (TPSA) is 0 Å². The van der Waals surface area contributed by atoms with Crippen LogP contribution in [0.3, 0.4) is 0 Å². The first-order chi connectivity index (χ1) is 7.29. The molecule has 6 heteroatoms. The first-order valence-electron chi connectivity index (χ1n) is 4.45. The van der Waals surface area contributed by atoms with Crippen LogP contribution in [0.2, 0.25) is 0 Å². The Morgan fingerprint density at radius 2 is 1.81 bits per heavy atom. The monoisotopic (exact) mass is 302 g/mol. The van der Waals surface area contributed by atoms with Gasteiger partial charge in [0.15, 0.2) is 0 Å². The Balaban J connectivity index is 2.73. The molecule has 0 amide bonds. The third-order valence-corrected chi connectivity index (χ3v) is 2.93. The summed E-state index contributed by atoms with van der Waals surface area (Å²) < 4.78 is 61.7. The third-order valence-electron chi connectivity index (χ3n) is 1.98. The molecule has 0 fully saturated rings. The highest BCUT2D eigenvalue weighted by molar-refractivity contribution is 9.09. The number of hydrogen-bond acceptors (Lipinski definition) is 0. The van der Waals surface area contributed by atoms with Crippen molar-refractivity contribution < 1.29 is 22.0 Å². The van der Waals surface area contributed by atoms with E-state index in [1.54, 1.807) is 0 Å². The summed E-state index contributed by atoms with van der Waals surface area (Å²) in [5.74, 6) is -1.39. The molecule has 0 saturated carbocycles. The van der Waals surface area contributed by atoms with E-state index in [1.165, 1.54) is 0 Å². The highest BCUT2D eigenvalue weighted by atomic mass is 79.9. The molecule has 0 aliphatic heterocycles. The van der Waals surface area contributed by atoms with Gasteiger partial charge in [-0.15, -0.1) is 0 Å². The van der Waals surface area contributed by atoms with Crippen molar-refractivity contribution in [3.63, 3.8) is 0 Å². The average molecular weight is 303 g/mol. The Hall–Kier alpha value is -0.650. The van der Waals surface area contributed by atoms with Crippen LogP contribution in [0.4, 0.5) is 22.0 Å². The lowest BCUT2D eigenvalue weighted by Gasteiger charge is -2.12. The second-order valence-electron chi connectivity index (χ2n) is 3.29. The molecule has 1 aromatic carbocycles. The fraction of sp³-hybridized carbons (Fsp3) is 0.400. The summed E-state index contributed by atoms with van der Waals surface area (Å²) in [7, 11) is 0. The summed E-state index contributed by atoms with van der Waals surface area (Å²) in [4.78, 5) is -0.843. The minimum absolute atomic E-state index is 0.0933. The molecule has 0 aliphatic rings. The van der Waals surface area contributed by atoms with Gasteiger partial charge in [0.2, 0.25) is 0 Å². The van der Waals surface area contributed by atoms with E-state index in [9.17, 15) is 22.0 Å². The van der Waals surface area contributed by atoms with E-state index >= 15 is 0 Å². The van der Waals surface area contributed by atoms with Crippen molar-refractivity contribution in [3.05, 3.63) is 35.4 Å². The number of halogens is 6. The van der Waals surface area contributed by atoms with Gasteiger partial charge in [-0.05, 0) is 24.6 Å². The van der Waals surface area contributed by atoms with Gasteiger partial charge in [-0.1, -0.05) is 15.9 Å². The van der Waals surface area contributed by atoms with Crippen LogP contribution < -0.4 is 0 Å². The average Bonchev–Trinajstić information content (AvgIpc) is 2.17. The van der Waals surface area contributed by atoms with E-state index in [0.717, 1.165) is 18.2 Å². The minimum Gasteiger partial charge on any atom is -0.207 e. The first kappa shape index (κ1) is 13.4. The highest BCUT2D eigenvalue weighted by Crippen LogP contribution is 2.34. The van der Waals surface area contributed by atoms with Gasteiger partial charge in [-0.3, -0.25) is 0 Å². The summed E-state index contributed by atoms with van der Waals surface area (Å²) in [5.41, 5.74) is -0.0933. The number of alkyl halides is 4. The summed E-state index contributed by atoms with van der Waals surface area (Å²) >= 11 is 2.92. The van der Waals surface area contributed by atoms with Crippen LogP contribution in [-0.4, -0.2) is 6.18 Å². The van der Waals surface area contributed by atoms with E-state index < -0.39 is 29.1 Å². The molecule has 0 saturated heterocycles.